The van der Waals surface area contributed by atoms with Crippen LogP contribution in [0.5, 0.6) is 0 Å². The number of hydrogen-bond donors (Lipinski definition) is 1. The minimum Gasteiger partial charge on any atom is -0.381 e. The Kier molecular flexibility index (Phi) is 5.65. The number of pyridine rings is 1. The molecule has 1 aliphatic carbocycles. The lowest BCUT2D eigenvalue weighted by Crippen LogP contribution is -2.53. The maximum absolute atomic E-state index is 13.6. The highest BCUT2D eigenvalue weighted by Crippen LogP contribution is 2.34. The molecule has 0 atom stereocenters. The molecule has 4 heterocycles. The second-order valence-electron chi connectivity index (χ2n) is 10.1. The van der Waals surface area contributed by atoms with E-state index < -0.39 is 0 Å². The average molecular weight is 464 g/mol. The van der Waals surface area contributed by atoms with Gasteiger partial charge in [-0.2, -0.15) is 5.10 Å². The summed E-state index contributed by atoms with van der Waals surface area (Å²) in [5.74, 6) is 0.0808. The van der Waals surface area contributed by atoms with Crippen LogP contribution in [0.4, 0.5) is 0 Å². The van der Waals surface area contributed by atoms with Gasteiger partial charge in [-0.1, -0.05) is 12.8 Å². The van der Waals surface area contributed by atoms with Crippen LogP contribution in [0, 0.1) is 6.92 Å². The highest BCUT2D eigenvalue weighted by Gasteiger charge is 2.29. The number of carbonyl (C=O) groups excluding carboxylic acids is 1. The van der Waals surface area contributed by atoms with E-state index in [4.69, 9.17) is 4.74 Å². The van der Waals surface area contributed by atoms with Crippen molar-refractivity contribution in [1.82, 2.24) is 24.6 Å². The molecule has 1 amide bonds. The molecule has 0 radical (unpaired) electrons. The molecule has 180 valence electrons. The number of benzene rings is 1. The zero-order chi connectivity index (χ0) is 23.2. The van der Waals surface area contributed by atoms with Crippen molar-refractivity contribution >= 4 is 27.7 Å². The van der Waals surface area contributed by atoms with Gasteiger partial charge in [0.15, 0.2) is 0 Å². The number of nitrogens with zero attached hydrogens (tertiary/aromatic N) is 4. The van der Waals surface area contributed by atoms with Crippen LogP contribution in [0.25, 0.3) is 21.8 Å². The summed E-state index contributed by atoms with van der Waals surface area (Å²) >= 11 is 0. The molecule has 8 heteroatoms. The SMILES string of the molecule is Cc1cc2[nH]c(=O)c3cnn(C4CCCC4)c3c2cc1C(=O)N1CCN(C2CCOCC2)CC1. The van der Waals surface area contributed by atoms with E-state index in [1.807, 2.05) is 28.6 Å². The molecule has 34 heavy (non-hydrogen) atoms. The molecule has 0 spiro atoms. The molecule has 6 rings (SSSR count). The van der Waals surface area contributed by atoms with E-state index in [1.54, 1.807) is 6.20 Å². The van der Waals surface area contributed by atoms with E-state index in [9.17, 15) is 9.59 Å². The van der Waals surface area contributed by atoms with Crippen molar-refractivity contribution in [2.75, 3.05) is 39.4 Å². The summed E-state index contributed by atoms with van der Waals surface area (Å²) in [6.07, 6.45) is 8.40. The largest absolute Gasteiger partial charge is 0.381 e. The minimum atomic E-state index is -0.116. The quantitative estimate of drug-likeness (QED) is 0.645. The number of amides is 1. The fraction of sp³-hybridized carbons (Fsp3) is 0.577. The van der Waals surface area contributed by atoms with Gasteiger partial charge in [-0.15, -0.1) is 0 Å². The van der Waals surface area contributed by atoms with Gasteiger partial charge in [0.2, 0.25) is 0 Å². The number of fused-ring (bicyclic) bond motifs is 3. The molecule has 2 saturated heterocycles. The molecular formula is C26H33N5O3. The predicted molar refractivity (Wildman–Crippen MR) is 131 cm³/mol. The Labute approximate surface area is 198 Å². The number of carbonyl (C=O) groups is 1. The lowest BCUT2D eigenvalue weighted by Gasteiger charge is -2.40. The van der Waals surface area contributed by atoms with Crippen molar-refractivity contribution in [3.05, 3.63) is 39.8 Å². The molecule has 3 aromatic rings. The zero-order valence-electron chi connectivity index (χ0n) is 19.9. The summed E-state index contributed by atoms with van der Waals surface area (Å²) in [6.45, 7) is 6.96. The van der Waals surface area contributed by atoms with Gasteiger partial charge in [0.1, 0.15) is 0 Å². The third kappa shape index (κ3) is 3.73. The number of H-pyrrole nitrogens is 1. The summed E-state index contributed by atoms with van der Waals surface area (Å²) in [5.41, 5.74) is 3.14. The highest BCUT2D eigenvalue weighted by atomic mass is 16.5. The third-order valence-corrected chi connectivity index (χ3v) is 8.12. The standard InChI is InChI=1S/C26H33N5O3/c1-17-14-23-21(24-22(25(32)28-23)16-27-31(24)19-4-2-3-5-19)15-20(17)26(33)30-10-8-29(9-11-30)18-6-12-34-13-7-18/h14-16,18-19H,2-13H2,1H3,(H,28,32). The van der Waals surface area contributed by atoms with Crippen molar-refractivity contribution in [2.45, 2.75) is 57.5 Å². The number of ether oxygens (including phenoxy) is 1. The van der Waals surface area contributed by atoms with Gasteiger partial charge in [0.05, 0.1) is 28.7 Å². The van der Waals surface area contributed by atoms with Gasteiger partial charge in [-0.3, -0.25) is 19.2 Å². The molecule has 3 aliphatic rings. The second kappa shape index (κ2) is 8.82. The molecule has 2 aromatic heterocycles. The maximum atomic E-state index is 13.6. The smallest absolute Gasteiger partial charge is 0.259 e. The van der Waals surface area contributed by atoms with Crippen molar-refractivity contribution in [1.29, 1.82) is 0 Å². The number of rotatable bonds is 3. The molecule has 1 saturated carbocycles. The van der Waals surface area contributed by atoms with Crippen molar-refractivity contribution in [3.63, 3.8) is 0 Å². The summed E-state index contributed by atoms with van der Waals surface area (Å²) < 4.78 is 7.55. The Balaban J connectivity index is 1.32. The lowest BCUT2D eigenvalue weighted by atomic mass is 10.0. The molecule has 1 N–H and O–H groups in total. The Morgan fingerprint density at radius 2 is 1.74 bits per heavy atom. The molecule has 3 fully saturated rings. The normalized spacial score (nSPS) is 21.1. The summed E-state index contributed by atoms with van der Waals surface area (Å²) in [4.78, 5) is 33.9. The van der Waals surface area contributed by atoms with E-state index in [2.05, 4.69) is 15.0 Å². The van der Waals surface area contributed by atoms with E-state index in [-0.39, 0.29) is 11.5 Å². The predicted octanol–water partition coefficient (Wildman–Crippen LogP) is 3.24. The van der Waals surface area contributed by atoms with Crippen LogP contribution in [0.15, 0.2) is 23.1 Å². The number of piperazine rings is 1. The Morgan fingerprint density at radius 3 is 2.47 bits per heavy atom. The van der Waals surface area contributed by atoms with Crippen LogP contribution < -0.4 is 5.56 Å². The van der Waals surface area contributed by atoms with Crippen molar-refractivity contribution in [2.24, 2.45) is 0 Å². The number of aryl methyl sites for hydroxylation is 1. The molecule has 0 bridgehead atoms. The third-order valence-electron chi connectivity index (χ3n) is 8.12. The van der Waals surface area contributed by atoms with E-state index in [0.29, 0.717) is 17.5 Å². The minimum absolute atomic E-state index is 0.0808. The van der Waals surface area contributed by atoms with Crippen LogP contribution in [0.1, 0.15) is 60.5 Å². The van der Waals surface area contributed by atoms with Gasteiger partial charge in [0.25, 0.3) is 11.5 Å². The number of nitrogens with one attached hydrogen (secondary N) is 1. The Bertz CT molecular complexity index is 1280. The average Bonchev–Trinajstić information content (AvgIpc) is 3.55. The van der Waals surface area contributed by atoms with Gasteiger partial charge >= 0.3 is 0 Å². The van der Waals surface area contributed by atoms with Gasteiger partial charge < -0.3 is 14.6 Å². The number of aromatic amines is 1. The number of hydrogen-bond acceptors (Lipinski definition) is 5. The van der Waals surface area contributed by atoms with Gasteiger partial charge in [-0.05, 0) is 50.3 Å². The molecule has 1 aromatic carbocycles. The van der Waals surface area contributed by atoms with Crippen LogP contribution in [0.3, 0.4) is 0 Å². The monoisotopic (exact) mass is 463 g/mol. The van der Waals surface area contributed by atoms with Crippen LogP contribution in [0.2, 0.25) is 0 Å². The fourth-order valence-electron chi connectivity index (χ4n) is 6.16. The molecule has 8 nitrogen and oxygen atoms in total. The van der Waals surface area contributed by atoms with E-state index in [1.165, 1.54) is 12.8 Å². The van der Waals surface area contributed by atoms with Crippen LogP contribution in [-0.2, 0) is 4.74 Å². The number of aromatic nitrogens is 3. The van der Waals surface area contributed by atoms with Gasteiger partial charge in [-0.25, -0.2) is 0 Å². The van der Waals surface area contributed by atoms with Crippen LogP contribution >= 0.6 is 0 Å². The first-order valence-corrected chi connectivity index (χ1v) is 12.7. The first-order valence-electron chi connectivity index (χ1n) is 12.7. The zero-order valence-corrected chi connectivity index (χ0v) is 19.9. The van der Waals surface area contributed by atoms with Crippen LogP contribution in [-0.4, -0.2) is 75.9 Å². The second-order valence-corrected chi connectivity index (χ2v) is 10.1. The van der Waals surface area contributed by atoms with E-state index in [0.717, 1.165) is 92.6 Å². The fourth-order valence-corrected chi connectivity index (χ4v) is 6.16. The maximum Gasteiger partial charge on any atom is 0.259 e. The van der Waals surface area contributed by atoms with Gasteiger partial charge in [0, 0.05) is 56.4 Å². The summed E-state index contributed by atoms with van der Waals surface area (Å²) in [5, 5.41) is 6.13. The highest BCUT2D eigenvalue weighted by molar-refractivity contribution is 6.07. The molecule has 0 unspecified atom stereocenters. The van der Waals surface area contributed by atoms with Crippen molar-refractivity contribution in [3.8, 4) is 0 Å². The summed E-state index contributed by atoms with van der Waals surface area (Å²) in [6, 6.07) is 4.84. The Hall–Kier alpha value is -2.71. The first-order chi connectivity index (χ1) is 16.6. The van der Waals surface area contributed by atoms with E-state index >= 15 is 0 Å². The molecule has 2 aliphatic heterocycles. The molecular weight excluding hydrogens is 430 g/mol. The first kappa shape index (κ1) is 21.8. The lowest BCUT2D eigenvalue weighted by molar-refractivity contribution is 0.0137. The van der Waals surface area contributed by atoms with Crippen molar-refractivity contribution < 1.29 is 9.53 Å². The summed E-state index contributed by atoms with van der Waals surface area (Å²) in [7, 11) is 0. The topological polar surface area (TPSA) is 83.5 Å². The Morgan fingerprint density at radius 1 is 1.00 bits per heavy atom.